The second-order valence-corrected chi connectivity index (χ2v) is 5.55. The van der Waals surface area contributed by atoms with Crippen LogP contribution in [0, 0.1) is 18.3 Å². The third-order valence-electron chi connectivity index (χ3n) is 3.45. The molecule has 3 aromatic heterocycles. The van der Waals surface area contributed by atoms with E-state index in [1.165, 1.54) is 6.20 Å². The zero-order chi connectivity index (χ0) is 18.0. The SMILES string of the molecule is Cc1nc2nonc2c(N)c1Cc1ncc(C#N)c(/N=C/N(C)C)n1. The Balaban J connectivity index is 2.01. The monoisotopic (exact) mass is 337 g/mol. The number of nitrogens with zero attached hydrogens (tertiary/aromatic N) is 8. The lowest BCUT2D eigenvalue weighted by molar-refractivity contribution is 0.315. The van der Waals surface area contributed by atoms with Crippen molar-refractivity contribution in [2.75, 3.05) is 19.8 Å². The van der Waals surface area contributed by atoms with E-state index < -0.39 is 0 Å². The molecule has 0 amide bonds. The number of fused-ring (bicyclic) bond motifs is 1. The lowest BCUT2D eigenvalue weighted by atomic mass is 10.1. The highest BCUT2D eigenvalue weighted by atomic mass is 16.6. The second kappa shape index (κ2) is 6.48. The van der Waals surface area contributed by atoms with Gasteiger partial charge in [-0.05, 0) is 17.2 Å². The maximum Gasteiger partial charge on any atom is 0.226 e. The zero-order valence-corrected chi connectivity index (χ0v) is 13.9. The molecule has 3 rings (SSSR count). The van der Waals surface area contributed by atoms with Gasteiger partial charge in [-0.15, -0.1) is 0 Å². The largest absolute Gasteiger partial charge is 0.396 e. The lowest BCUT2D eigenvalue weighted by Gasteiger charge is -2.09. The van der Waals surface area contributed by atoms with E-state index in [4.69, 9.17) is 5.73 Å². The van der Waals surface area contributed by atoms with E-state index in [9.17, 15) is 5.26 Å². The van der Waals surface area contributed by atoms with Gasteiger partial charge in [0, 0.05) is 31.8 Å². The molecule has 0 aliphatic rings. The normalized spacial score (nSPS) is 11.1. The minimum Gasteiger partial charge on any atom is -0.396 e. The first-order valence-corrected chi connectivity index (χ1v) is 7.33. The molecule has 126 valence electrons. The summed E-state index contributed by atoms with van der Waals surface area (Å²) in [6, 6.07) is 2.03. The Morgan fingerprint density at radius 2 is 2.16 bits per heavy atom. The molecule has 0 radical (unpaired) electrons. The van der Waals surface area contributed by atoms with Gasteiger partial charge in [0.2, 0.25) is 5.65 Å². The Morgan fingerprint density at radius 3 is 2.88 bits per heavy atom. The fraction of sp³-hybridized carbons (Fsp3) is 0.267. The molecule has 0 bridgehead atoms. The van der Waals surface area contributed by atoms with Crippen molar-refractivity contribution in [3.05, 3.63) is 28.8 Å². The summed E-state index contributed by atoms with van der Waals surface area (Å²) in [5.41, 5.74) is 9.06. The highest BCUT2D eigenvalue weighted by molar-refractivity contribution is 5.85. The van der Waals surface area contributed by atoms with Crippen LogP contribution in [0.3, 0.4) is 0 Å². The first-order valence-electron chi connectivity index (χ1n) is 7.33. The zero-order valence-electron chi connectivity index (χ0n) is 13.9. The van der Waals surface area contributed by atoms with Gasteiger partial charge in [-0.2, -0.15) is 5.26 Å². The summed E-state index contributed by atoms with van der Waals surface area (Å²) in [4.78, 5) is 18.9. The van der Waals surface area contributed by atoms with Crippen molar-refractivity contribution in [1.82, 2.24) is 30.2 Å². The molecule has 0 unspecified atom stereocenters. The molecule has 0 saturated carbocycles. The maximum absolute atomic E-state index is 9.17. The molecule has 0 fully saturated rings. The Labute approximate surface area is 143 Å². The number of nitrogen functional groups attached to an aromatic ring is 1. The van der Waals surface area contributed by atoms with Crippen molar-refractivity contribution >= 4 is 29.0 Å². The fourth-order valence-corrected chi connectivity index (χ4v) is 2.21. The van der Waals surface area contributed by atoms with Crippen LogP contribution in [0.5, 0.6) is 0 Å². The summed E-state index contributed by atoms with van der Waals surface area (Å²) < 4.78 is 4.68. The van der Waals surface area contributed by atoms with Gasteiger partial charge in [0.05, 0.1) is 18.2 Å². The van der Waals surface area contributed by atoms with E-state index in [0.29, 0.717) is 46.2 Å². The van der Waals surface area contributed by atoms with Crippen LogP contribution in [0.2, 0.25) is 0 Å². The van der Waals surface area contributed by atoms with Crippen LogP contribution >= 0.6 is 0 Å². The molecule has 0 aliphatic carbocycles. The highest BCUT2D eigenvalue weighted by Crippen LogP contribution is 2.25. The molecule has 0 spiro atoms. The van der Waals surface area contributed by atoms with Crippen molar-refractivity contribution < 1.29 is 4.63 Å². The number of aromatic nitrogens is 5. The third kappa shape index (κ3) is 3.20. The van der Waals surface area contributed by atoms with Gasteiger partial charge in [-0.3, -0.25) is 0 Å². The summed E-state index contributed by atoms with van der Waals surface area (Å²) in [5.74, 6) is 0.770. The first kappa shape index (κ1) is 16.3. The first-order chi connectivity index (χ1) is 12.0. The van der Waals surface area contributed by atoms with Crippen LogP contribution in [-0.2, 0) is 6.42 Å². The van der Waals surface area contributed by atoms with E-state index in [1.807, 2.05) is 27.1 Å². The van der Waals surface area contributed by atoms with Gasteiger partial charge in [0.1, 0.15) is 17.5 Å². The number of anilines is 1. The summed E-state index contributed by atoms with van der Waals surface area (Å²) in [5, 5.41) is 16.6. The Kier molecular flexibility index (Phi) is 4.21. The number of rotatable bonds is 4. The quantitative estimate of drug-likeness (QED) is 0.544. The number of pyridine rings is 1. The standard InChI is InChI=1S/C15H15N9O/c1-8-10(12(17)13-15(20-8)23-25-22-13)4-11-18-6-9(5-16)14(21-11)19-7-24(2)3/h6-7H,4,17H2,1-3H3/b19-7+. The van der Waals surface area contributed by atoms with Crippen LogP contribution in [-0.4, -0.2) is 50.6 Å². The average molecular weight is 337 g/mol. The molecule has 3 heterocycles. The predicted molar refractivity (Wildman–Crippen MR) is 90.1 cm³/mol. The number of aryl methyl sites for hydroxylation is 1. The van der Waals surface area contributed by atoms with Gasteiger partial charge in [0.15, 0.2) is 11.3 Å². The molecular weight excluding hydrogens is 322 g/mol. The second-order valence-electron chi connectivity index (χ2n) is 5.55. The van der Waals surface area contributed by atoms with Gasteiger partial charge in [-0.25, -0.2) is 24.6 Å². The van der Waals surface area contributed by atoms with Crippen molar-refractivity contribution in [1.29, 1.82) is 5.26 Å². The number of nitriles is 1. The molecule has 25 heavy (non-hydrogen) atoms. The topological polar surface area (TPSA) is 143 Å². The predicted octanol–water partition coefficient (Wildman–Crippen LogP) is 0.982. The summed E-state index contributed by atoms with van der Waals surface area (Å²) >= 11 is 0. The van der Waals surface area contributed by atoms with Crippen molar-refractivity contribution in [2.45, 2.75) is 13.3 Å². The van der Waals surface area contributed by atoms with Crippen molar-refractivity contribution in [3.8, 4) is 6.07 Å². The third-order valence-corrected chi connectivity index (χ3v) is 3.45. The minimum atomic E-state index is 0.292. The Hall–Kier alpha value is -3.61. The number of hydrogen-bond acceptors (Lipinski definition) is 9. The highest BCUT2D eigenvalue weighted by Gasteiger charge is 2.16. The fourth-order valence-electron chi connectivity index (χ4n) is 2.21. The molecule has 0 aliphatic heterocycles. The van der Waals surface area contributed by atoms with E-state index in [2.05, 4.69) is 34.9 Å². The van der Waals surface area contributed by atoms with Crippen molar-refractivity contribution in [3.63, 3.8) is 0 Å². The smallest absolute Gasteiger partial charge is 0.226 e. The average Bonchev–Trinajstić information content (AvgIpc) is 3.05. The maximum atomic E-state index is 9.17. The summed E-state index contributed by atoms with van der Waals surface area (Å²) in [6.45, 7) is 1.81. The van der Waals surface area contributed by atoms with Crippen LogP contribution in [0.25, 0.3) is 11.2 Å². The Morgan fingerprint density at radius 1 is 1.36 bits per heavy atom. The number of nitrogens with two attached hydrogens (primary N) is 1. The van der Waals surface area contributed by atoms with Crippen molar-refractivity contribution in [2.24, 2.45) is 4.99 Å². The van der Waals surface area contributed by atoms with Crippen LogP contribution in [0.15, 0.2) is 15.8 Å². The number of aliphatic imine (C=N–C) groups is 1. The molecule has 0 saturated heterocycles. The van der Waals surface area contributed by atoms with E-state index in [0.717, 1.165) is 5.56 Å². The van der Waals surface area contributed by atoms with Crippen LogP contribution in [0.4, 0.5) is 11.5 Å². The molecule has 10 heteroatoms. The van der Waals surface area contributed by atoms with E-state index in [-0.39, 0.29) is 0 Å². The lowest BCUT2D eigenvalue weighted by Crippen LogP contribution is -2.08. The Bertz CT molecular complexity index is 1000. The molecular formula is C15H15N9O. The minimum absolute atomic E-state index is 0.292. The molecule has 0 aromatic carbocycles. The molecule has 0 atom stereocenters. The van der Waals surface area contributed by atoms with Gasteiger partial charge in [0.25, 0.3) is 0 Å². The molecule has 2 N–H and O–H groups in total. The summed E-state index contributed by atoms with van der Waals surface area (Å²) in [7, 11) is 3.66. The van der Waals surface area contributed by atoms with Crippen LogP contribution < -0.4 is 5.73 Å². The molecule has 10 nitrogen and oxygen atoms in total. The van der Waals surface area contributed by atoms with E-state index >= 15 is 0 Å². The van der Waals surface area contributed by atoms with Crippen LogP contribution in [0.1, 0.15) is 22.6 Å². The van der Waals surface area contributed by atoms with Gasteiger partial charge in [-0.1, -0.05) is 0 Å². The van der Waals surface area contributed by atoms with E-state index in [1.54, 1.807) is 11.2 Å². The number of hydrogen-bond donors (Lipinski definition) is 1. The van der Waals surface area contributed by atoms with Gasteiger partial charge >= 0.3 is 0 Å². The molecule has 3 aromatic rings. The van der Waals surface area contributed by atoms with Gasteiger partial charge < -0.3 is 10.6 Å². The summed E-state index contributed by atoms with van der Waals surface area (Å²) in [6.07, 6.45) is 3.34.